The minimum Gasteiger partial charge on any atom is -0.330 e. The molecule has 0 radical (unpaired) electrons. The van der Waals surface area contributed by atoms with Crippen LogP contribution in [0.25, 0.3) is 0 Å². The van der Waals surface area contributed by atoms with E-state index in [9.17, 15) is 0 Å². The molecule has 4 heteroatoms. The smallest absolute Gasteiger partial charge is 0.0303 e. The van der Waals surface area contributed by atoms with Gasteiger partial charge in [-0.1, -0.05) is 26.0 Å². The van der Waals surface area contributed by atoms with Crippen molar-refractivity contribution in [3.8, 4) is 0 Å². The van der Waals surface area contributed by atoms with Crippen LogP contribution in [0, 0.1) is 11.8 Å². The van der Waals surface area contributed by atoms with Gasteiger partial charge in [0.25, 0.3) is 0 Å². The van der Waals surface area contributed by atoms with Crippen LogP contribution in [0.4, 0.5) is 0 Å². The lowest BCUT2D eigenvalue weighted by atomic mass is 9.81. The summed E-state index contributed by atoms with van der Waals surface area (Å²) in [6.07, 6.45) is 10.5. The highest BCUT2D eigenvalue weighted by molar-refractivity contribution is 5.17. The molecule has 4 nitrogen and oxygen atoms in total. The average Bonchev–Trinajstić information content (AvgIpc) is 2.60. The molecule has 4 unspecified atom stereocenters. The van der Waals surface area contributed by atoms with Gasteiger partial charge >= 0.3 is 0 Å². The fraction of sp³-hybridized carbons (Fsp3) is 0.500. The molecule has 4 N–H and O–H groups in total. The molecule has 0 aliphatic rings. The maximum Gasteiger partial charge on any atom is 0.0303 e. The van der Waals surface area contributed by atoms with Gasteiger partial charge in [-0.05, 0) is 60.9 Å². The number of hydrogen-bond donors (Lipinski definition) is 2. The first-order chi connectivity index (χ1) is 11.6. The van der Waals surface area contributed by atoms with Crippen LogP contribution in [0.3, 0.4) is 0 Å². The van der Waals surface area contributed by atoms with Gasteiger partial charge < -0.3 is 11.5 Å². The molecule has 130 valence electrons. The summed E-state index contributed by atoms with van der Waals surface area (Å²) in [5.41, 5.74) is 15.0. The molecule has 0 saturated carbocycles. The minimum atomic E-state index is 0.106. The van der Waals surface area contributed by atoms with Gasteiger partial charge in [-0.2, -0.15) is 0 Å². The van der Waals surface area contributed by atoms with Crippen molar-refractivity contribution < 1.29 is 0 Å². The van der Waals surface area contributed by atoms with Gasteiger partial charge in [0.15, 0.2) is 0 Å². The molecule has 2 aromatic heterocycles. The minimum absolute atomic E-state index is 0.106. The molecule has 2 aromatic rings. The molecule has 0 bridgehead atoms. The van der Waals surface area contributed by atoms with Gasteiger partial charge in [-0.25, -0.2) is 0 Å². The fourth-order valence-electron chi connectivity index (χ4n) is 3.32. The highest BCUT2D eigenvalue weighted by Crippen LogP contribution is 2.29. The van der Waals surface area contributed by atoms with Crippen molar-refractivity contribution >= 4 is 0 Å². The van der Waals surface area contributed by atoms with E-state index in [1.807, 2.05) is 36.9 Å². The van der Waals surface area contributed by atoms with Crippen molar-refractivity contribution in [2.45, 2.75) is 45.1 Å². The molecular weight excluding hydrogens is 296 g/mol. The van der Waals surface area contributed by atoms with Crippen LogP contribution in [0.2, 0.25) is 0 Å². The first kappa shape index (κ1) is 18.6. The highest BCUT2D eigenvalue weighted by atomic mass is 14.7. The van der Waals surface area contributed by atoms with E-state index in [0.29, 0.717) is 24.3 Å². The molecule has 0 fully saturated rings. The Kier molecular flexibility index (Phi) is 7.35. The van der Waals surface area contributed by atoms with Gasteiger partial charge in [0.2, 0.25) is 0 Å². The molecule has 4 atom stereocenters. The zero-order valence-electron chi connectivity index (χ0n) is 14.8. The topological polar surface area (TPSA) is 77.8 Å². The summed E-state index contributed by atoms with van der Waals surface area (Å²) >= 11 is 0. The van der Waals surface area contributed by atoms with E-state index in [2.05, 4.69) is 35.9 Å². The first-order valence-electron chi connectivity index (χ1n) is 8.84. The summed E-state index contributed by atoms with van der Waals surface area (Å²) in [7, 11) is 0. The molecule has 0 aromatic carbocycles. The Hall–Kier alpha value is -1.78. The lowest BCUT2D eigenvalue weighted by Gasteiger charge is -2.28. The maximum atomic E-state index is 6.62. The van der Waals surface area contributed by atoms with Crippen molar-refractivity contribution in [1.82, 2.24) is 9.97 Å². The van der Waals surface area contributed by atoms with Gasteiger partial charge in [0, 0.05) is 36.7 Å². The average molecular weight is 326 g/mol. The van der Waals surface area contributed by atoms with Gasteiger partial charge in [-0.3, -0.25) is 9.97 Å². The van der Waals surface area contributed by atoms with E-state index in [4.69, 9.17) is 11.5 Å². The number of aromatic nitrogens is 2. The van der Waals surface area contributed by atoms with Gasteiger partial charge in [0.1, 0.15) is 0 Å². The summed E-state index contributed by atoms with van der Waals surface area (Å²) < 4.78 is 0. The third-order valence-electron chi connectivity index (χ3n) is 4.67. The Bertz CT molecular complexity index is 573. The summed E-state index contributed by atoms with van der Waals surface area (Å²) in [5.74, 6) is 1.26. The van der Waals surface area contributed by atoms with Crippen LogP contribution in [0.15, 0.2) is 49.1 Å². The Morgan fingerprint density at radius 3 is 2.25 bits per heavy atom. The predicted octanol–water partition coefficient (Wildman–Crippen LogP) is 3.14. The molecule has 24 heavy (non-hydrogen) atoms. The monoisotopic (exact) mass is 326 g/mol. The molecule has 0 aliphatic carbocycles. The largest absolute Gasteiger partial charge is 0.330 e. The summed E-state index contributed by atoms with van der Waals surface area (Å²) in [6, 6.07) is 8.34. The second kappa shape index (κ2) is 9.50. The number of nitrogens with two attached hydrogens (primary N) is 2. The highest BCUT2D eigenvalue weighted by Gasteiger charge is 2.24. The third-order valence-corrected chi connectivity index (χ3v) is 4.67. The number of rotatable bonds is 9. The normalized spacial score (nSPS) is 16.3. The summed E-state index contributed by atoms with van der Waals surface area (Å²) in [4.78, 5) is 8.47. The number of hydrogen-bond acceptors (Lipinski definition) is 4. The molecule has 0 aliphatic heterocycles. The van der Waals surface area contributed by atoms with Crippen molar-refractivity contribution in [1.29, 1.82) is 0 Å². The zero-order chi connectivity index (χ0) is 17.4. The molecular formula is C20H30N4. The van der Waals surface area contributed by atoms with E-state index in [1.54, 1.807) is 0 Å². The van der Waals surface area contributed by atoms with E-state index < -0.39 is 0 Å². The predicted molar refractivity (Wildman–Crippen MR) is 99.5 cm³/mol. The zero-order valence-corrected chi connectivity index (χ0v) is 14.8. The third kappa shape index (κ3) is 5.69. The Labute approximate surface area is 145 Å². The van der Waals surface area contributed by atoms with Gasteiger partial charge in [0.05, 0.1) is 0 Å². The summed E-state index contributed by atoms with van der Waals surface area (Å²) in [5, 5.41) is 0. The van der Waals surface area contributed by atoms with Crippen LogP contribution in [-0.2, 0) is 6.42 Å². The molecule has 2 heterocycles. The van der Waals surface area contributed by atoms with Crippen molar-refractivity contribution in [3.05, 3.63) is 60.2 Å². The standard InChI is InChI=1S/C20H30N4/c1-15(9-17-5-3-7-23-13-17)11-20(22)19(10-16(2)12-21)18-6-4-8-24-14-18/h3-8,13-16,19-20H,9-12,21-22H2,1-2H3. The van der Waals surface area contributed by atoms with Crippen molar-refractivity contribution in [3.63, 3.8) is 0 Å². The van der Waals surface area contributed by atoms with E-state index in [0.717, 1.165) is 19.3 Å². The van der Waals surface area contributed by atoms with Crippen molar-refractivity contribution in [2.24, 2.45) is 23.3 Å². The first-order valence-corrected chi connectivity index (χ1v) is 8.84. The van der Waals surface area contributed by atoms with Gasteiger partial charge in [-0.15, -0.1) is 0 Å². The lowest BCUT2D eigenvalue weighted by Crippen LogP contribution is -2.33. The van der Waals surface area contributed by atoms with Crippen LogP contribution in [-0.4, -0.2) is 22.6 Å². The van der Waals surface area contributed by atoms with Crippen LogP contribution in [0.1, 0.15) is 43.7 Å². The summed E-state index contributed by atoms with van der Waals surface area (Å²) in [6.45, 7) is 5.14. The Balaban J connectivity index is 2.02. The number of nitrogens with zero attached hydrogens (tertiary/aromatic N) is 2. The number of pyridine rings is 2. The van der Waals surface area contributed by atoms with E-state index in [1.165, 1.54) is 11.1 Å². The lowest BCUT2D eigenvalue weighted by molar-refractivity contribution is 0.363. The van der Waals surface area contributed by atoms with Crippen molar-refractivity contribution in [2.75, 3.05) is 6.54 Å². The Morgan fingerprint density at radius 1 is 0.958 bits per heavy atom. The van der Waals surface area contributed by atoms with Crippen LogP contribution >= 0.6 is 0 Å². The fourth-order valence-corrected chi connectivity index (χ4v) is 3.32. The molecule has 0 amide bonds. The van der Waals surface area contributed by atoms with Crippen LogP contribution in [0.5, 0.6) is 0 Å². The maximum absolute atomic E-state index is 6.62. The van der Waals surface area contributed by atoms with E-state index in [-0.39, 0.29) is 6.04 Å². The second-order valence-corrected chi connectivity index (χ2v) is 7.04. The SMILES string of the molecule is CC(Cc1cccnc1)CC(N)C(CC(C)CN)c1cccnc1. The molecule has 2 rings (SSSR count). The molecule has 0 saturated heterocycles. The van der Waals surface area contributed by atoms with E-state index >= 15 is 0 Å². The Morgan fingerprint density at radius 2 is 1.67 bits per heavy atom. The quantitative estimate of drug-likeness (QED) is 0.742. The second-order valence-electron chi connectivity index (χ2n) is 7.04. The molecule has 0 spiro atoms. The van der Waals surface area contributed by atoms with Crippen LogP contribution < -0.4 is 11.5 Å².